The summed E-state index contributed by atoms with van der Waals surface area (Å²) in [4.78, 5) is 15.6. The molecule has 1 fully saturated rings. The quantitative estimate of drug-likeness (QED) is 0.767. The van der Waals surface area contributed by atoms with Crippen molar-refractivity contribution in [2.45, 2.75) is 5.92 Å². The average Bonchev–Trinajstić information content (AvgIpc) is 3.41. The summed E-state index contributed by atoms with van der Waals surface area (Å²) in [6.07, 6.45) is 1.50. The first-order chi connectivity index (χ1) is 12.3. The zero-order valence-corrected chi connectivity index (χ0v) is 14.3. The highest BCUT2D eigenvalue weighted by Crippen LogP contribution is 2.34. The maximum absolute atomic E-state index is 13.1. The van der Waals surface area contributed by atoms with Crippen molar-refractivity contribution in [2.75, 3.05) is 19.6 Å². The number of hydrogen-bond donors (Lipinski definition) is 1. The van der Waals surface area contributed by atoms with Crippen molar-refractivity contribution in [1.82, 2.24) is 25.1 Å². The van der Waals surface area contributed by atoms with Crippen molar-refractivity contribution in [3.05, 3.63) is 58.5 Å². The molecule has 2 N–H and O–H groups in total. The fraction of sp³-hybridized carbons (Fsp3) is 0.294. The Labute approximate surface area is 149 Å². The summed E-state index contributed by atoms with van der Waals surface area (Å²) in [5.41, 5.74) is 7.94. The molecule has 1 aliphatic heterocycles. The molecular formula is C17H18N6OS. The molecule has 0 radical (unpaired) electrons. The lowest BCUT2D eigenvalue weighted by molar-refractivity contribution is 0.0791. The molecule has 2 atom stereocenters. The number of hydrogen-bond acceptors (Lipinski definition) is 6. The van der Waals surface area contributed by atoms with Gasteiger partial charge in [0.25, 0.3) is 5.91 Å². The first kappa shape index (κ1) is 15.9. The number of nitrogens with zero attached hydrogens (tertiary/aromatic N) is 5. The van der Waals surface area contributed by atoms with E-state index in [1.165, 1.54) is 27.9 Å². The molecule has 4 rings (SSSR count). The standard InChI is InChI=1S/C17H18N6OS/c18-8-13-9-22(10-14(13)12-4-2-1-3-5-12)17(24)16-15(6-7-25-16)23-11-19-20-21-23/h1-7,11,13-14H,8-10,18H2/t13-,14+/m1/s1. The molecule has 0 bridgehead atoms. The summed E-state index contributed by atoms with van der Waals surface area (Å²) in [6, 6.07) is 12.1. The van der Waals surface area contributed by atoms with Crippen LogP contribution in [0.15, 0.2) is 48.1 Å². The van der Waals surface area contributed by atoms with Crippen LogP contribution in [0.1, 0.15) is 21.2 Å². The van der Waals surface area contributed by atoms with Crippen molar-refractivity contribution in [3.63, 3.8) is 0 Å². The predicted octanol–water partition coefficient (Wildman–Crippen LogP) is 1.54. The van der Waals surface area contributed by atoms with Gasteiger partial charge in [0.1, 0.15) is 11.2 Å². The van der Waals surface area contributed by atoms with Crippen LogP contribution in [0, 0.1) is 5.92 Å². The number of tetrazole rings is 1. The van der Waals surface area contributed by atoms with Gasteiger partial charge in [-0.15, -0.1) is 16.4 Å². The third-order valence-electron chi connectivity index (χ3n) is 4.69. The van der Waals surface area contributed by atoms with Crippen LogP contribution in [0.5, 0.6) is 0 Å². The van der Waals surface area contributed by atoms with E-state index in [0.717, 1.165) is 0 Å². The minimum absolute atomic E-state index is 0.0115. The zero-order valence-electron chi connectivity index (χ0n) is 13.5. The first-order valence-electron chi connectivity index (χ1n) is 8.13. The van der Waals surface area contributed by atoms with Crippen molar-refractivity contribution >= 4 is 17.2 Å². The Morgan fingerprint density at radius 1 is 1.24 bits per heavy atom. The van der Waals surface area contributed by atoms with E-state index in [0.29, 0.717) is 30.2 Å². The molecule has 0 aliphatic carbocycles. The van der Waals surface area contributed by atoms with Crippen LogP contribution < -0.4 is 5.73 Å². The van der Waals surface area contributed by atoms with Gasteiger partial charge in [-0.05, 0) is 39.9 Å². The SMILES string of the molecule is NC[C@@H]1CN(C(=O)c2sccc2-n2cnnn2)C[C@H]1c1ccccc1. The fourth-order valence-electron chi connectivity index (χ4n) is 3.41. The Balaban J connectivity index is 1.59. The third kappa shape index (κ3) is 2.94. The van der Waals surface area contributed by atoms with Crippen LogP contribution in [0.25, 0.3) is 5.69 Å². The molecule has 7 nitrogen and oxygen atoms in total. The maximum atomic E-state index is 13.1. The zero-order chi connectivity index (χ0) is 17.2. The first-order valence-corrected chi connectivity index (χ1v) is 9.01. The van der Waals surface area contributed by atoms with Crippen LogP contribution in [0.3, 0.4) is 0 Å². The molecule has 128 valence electrons. The number of nitrogens with two attached hydrogens (primary N) is 1. The molecule has 8 heteroatoms. The molecule has 1 aromatic carbocycles. The molecular weight excluding hydrogens is 336 g/mol. The lowest BCUT2D eigenvalue weighted by Gasteiger charge is -2.16. The average molecular weight is 354 g/mol. The second kappa shape index (κ2) is 6.73. The second-order valence-electron chi connectivity index (χ2n) is 6.11. The van der Waals surface area contributed by atoms with E-state index in [2.05, 4.69) is 27.7 Å². The van der Waals surface area contributed by atoms with Crippen LogP contribution in [0.4, 0.5) is 0 Å². The van der Waals surface area contributed by atoms with Crippen molar-refractivity contribution in [1.29, 1.82) is 0 Å². The summed E-state index contributed by atoms with van der Waals surface area (Å²) in [5, 5.41) is 13.1. The van der Waals surface area contributed by atoms with E-state index in [4.69, 9.17) is 5.73 Å². The van der Waals surface area contributed by atoms with Gasteiger partial charge in [-0.25, -0.2) is 0 Å². The minimum atomic E-state index is 0.0115. The second-order valence-corrected chi connectivity index (χ2v) is 7.03. The van der Waals surface area contributed by atoms with Crippen LogP contribution >= 0.6 is 11.3 Å². The van der Waals surface area contributed by atoms with E-state index in [1.807, 2.05) is 34.5 Å². The van der Waals surface area contributed by atoms with Gasteiger partial charge in [-0.1, -0.05) is 30.3 Å². The molecule has 2 aromatic heterocycles. The molecule has 0 spiro atoms. The Morgan fingerprint density at radius 3 is 2.80 bits per heavy atom. The van der Waals surface area contributed by atoms with Gasteiger partial charge in [-0.3, -0.25) is 4.79 Å². The maximum Gasteiger partial charge on any atom is 0.266 e. The predicted molar refractivity (Wildman–Crippen MR) is 94.7 cm³/mol. The number of carbonyl (C=O) groups excluding carboxylic acids is 1. The van der Waals surface area contributed by atoms with Gasteiger partial charge < -0.3 is 10.6 Å². The topological polar surface area (TPSA) is 89.9 Å². The van der Waals surface area contributed by atoms with E-state index in [1.54, 1.807) is 0 Å². The van der Waals surface area contributed by atoms with Crippen molar-refractivity contribution in [3.8, 4) is 5.69 Å². The lowest BCUT2D eigenvalue weighted by Crippen LogP contribution is -2.30. The third-order valence-corrected chi connectivity index (χ3v) is 5.58. The van der Waals surface area contributed by atoms with E-state index >= 15 is 0 Å². The van der Waals surface area contributed by atoms with Gasteiger partial charge in [0.15, 0.2) is 0 Å². The number of amides is 1. The molecule has 0 unspecified atom stereocenters. The van der Waals surface area contributed by atoms with Gasteiger partial charge in [0.05, 0.1) is 5.69 Å². The van der Waals surface area contributed by atoms with Crippen LogP contribution in [-0.4, -0.2) is 50.6 Å². The Kier molecular flexibility index (Phi) is 4.29. The van der Waals surface area contributed by atoms with E-state index in [-0.39, 0.29) is 17.7 Å². The lowest BCUT2D eigenvalue weighted by atomic mass is 9.89. The molecule has 1 saturated heterocycles. The molecule has 0 saturated carbocycles. The van der Waals surface area contributed by atoms with Crippen LogP contribution in [-0.2, 0) is 0 Å². The smallest absolute Gasteiger partial charge is 0.266 e. The molecule has 3 heterocycles. The summed E-state index contributed by atoms with van der Waals surface area (Å²) >= 11 is 1.41. The van der Waals surface area contributed by atoms with Crippen molar-refractivity contribution in [2.24, 2.45) is 11.7 Å². The summed E-state index contributed by atoms with van der Waals surface area (Å²) < 4.78 is 1.52. The number of aromatic nitrogens is 4. The van der Waals surface area contributed by atoms with Crippen molar-refractivity contribution < 1.29 is 4.79 Å². The van der Waals surface area contributed by atoms with Gasteiger partial charge in [0, 0.05) is 19.0 Å². The number of likely N-dealkylation sites (tertiary alicyclic amines) is 1. The highest BCUT2D eigenvalue weighted by molar-refractivity contribution is 7.12. The highest BCUT2D eigenvalue weighted by atomic mass is 32.1. The Hall–Kier alpha value is -2.58. The molecule has 3 aromatic rings. The molecule has 25 heavy (non-hydrogen) atoms. The monoisotopic (exact) mass is 354 g/mol. The van der Waals surface area contributed by atoms with E-state index < -0.39 is 0 Å². The number of benzene rings is 1. The normalized spacial score (nSPS) is 20.1. The van der Waals surface area contributed by atoms with Gasteiger partial charge in [0.2, 0.25) is 0 Å². The molecule has 1 aliphatic rings. The van der Waals surface area contributed by atoms with Crippen LogP contribution in [0.2, 0.25) is 0 Å². The summed E-state index contributed by atoms with van der Waals surface area (Å²) in [5.74, 6) is 0.548. The number of rotatable bonds is 4. The largest absolute Gasteiger partial charge is 0.337 e. The number of carbonyl (C=O) groups is 1. The molecule has 1 amide bonds. The fourth-order valence-corrected chi connectivity index (χ4v) is 4.26. The van der Waals surface area contributed by atoms with Gasteiger partial charge >= 0.3 is 0 Å². The Bertz CT molecular complexity index is 847. The van der Waals surface area contributed by atoms with E-state index in [9.17, 15) is 4.79 Å². The van der Waals surface area contributed by atoms with Gasteiger partial charge in [-0.2, -0.15) is 4.68 Å². The minimum Gasteiger partial charge on any atom is -0.337 e. The summed E-state index contributed by atoms with van der Waals surface area (Å²) in [7, 11) is 0. The Morgan fingerprint density at radius 2 is 2.08 bits per heavy atom. The number of thiophene rings is 1. The highest BCUT2D eigenvalue weighted by Gasteiger charge is 2.36. The summed E-state index contributed by atoms with van der Waals surface area (Å²) in [6.45, 7) is 1.91.